The average molecular weight is 265 g/mol. The monoisotopic (exact) mass is 265 g/mol. The van der Waals surface area contributed by atoms with Crippen molar-refractivity contribution in [3.63, 3.8) is 0 Å². The van der Waals surface area contributed by atoms with Gasteiger partial charge in [-0.15, -0.1) is 6.71 Å². The van der Waals surface area contributed by atoms with E-state index in [1.807, 2.05) is 0 Å². The van der Waals surface area contributed by atoms with Crippen LogP contribution in [0.1, 0.15) is 72.1 Å². The van der Waals surface area contributed by atoms with E-state index in [4.69, 9.17) is 0 Å². The standard InChI is InChI=1S/C18H31B.Li/c1-12-16-10-13(18(16,2)3)11-17(12)19-14-6-4-7-15(19)9-5-8-14;/h12-17H,4-11H2,1-3H3;/q-1;+1/t12-,13-,14?,15?,16+,17-;/m0./s1. The van der Waals surface area contributed by atoms with Gasteiger partial charge in [0.25, 0.3) is 0 Å². The smallest absolute Gasteiger partial charge is 0.196 e. The second-order valence-corrected chi connectivity index (χ2v) is 9.08. The van der Waals surface area contributed by atoms with Gasteiger partial charge in [-0.1, -0.05) is 71.6 Å². The zero-order valence-electron chi connectivity index (χ0n) is 14.2. The summed E-state index contributed by atoms with van der Waals surface area (Å²) >= 11 is 0. The Hall–Kier alpha value is 0.662. The van der Waals surface area contributed by atoms with E-state index in [1.165, 1.54) is 0 Å². The summed E-state index contributed by atoms with van der Waals surface area (Å²) in [5.41, 5.74) is 0.680. The molecule has 0 aromatic heterocycles. The van der Waals surface area contributed by atoms with Crippen molar-refractivity contribution in [3.8, 4) is 0 Å². The first-order valence-corrected chi connectivity index (χ1v) is 9.09. The summed E-state index contributed by atoms with van der Waals surface area (Å²) in [6.45, 7) is 8.87. The summed E-state index contributed by atoms with van der Waals surface area (Å²) in [5, 5.41) is 0. The van der Waals surface area contributed by atoms with E-state index < -0.39 is 0 Å². The maximum absolute atomic E-state index is 2.62. The maximum Gasteiger partial charge on any atom is 1.00 e. The first-order chi connectivity index (χ1) is 9.09. The minimum atomic E-state index is 0. The Kier molecular flexibility index (Phi) is 4.19. The first kappa shape index (κ1) is 15.6. The first-order valence-electron chi connectivity index (χ1n) is 9.09. The van der Waals surface area contributed by atoms with Gasteiger partial charge in [-0.2, -0.15) is 17.5 Å². The second kappa shape index (κ2) is 5.38. The number of hydrogen-bond donors (Lipinski definition) is 0. The Morgan fingerprint density at radius 3 is 1.90 bits per heavy atom. The molecule has 0 aromatic carbocycles. The second-order valence-electron chi connectivity index (χ2n) is 9.08. The molecule has 0 nitrogen and oxygen atoms in total. The van der Waals surface area contributed by atoms with Gasteiger partial charge in [0, 0.05) is 0 Å². The van der Waals surface area contributed by atoms with Crippen molar-refractivity contribution >= 4 is 6.71 Å². The van der Waals surface area contributed by atoms with Crippen molar-refractivity contribution in [2.24, 2.45) is 23.2 Å². The molecular formula is C18H31BLi. The fourth-order valence-electron chi connectivity index (χ4n) is 7.12. The van der Waals surface area contributed by atoms with Crippen LogP contribution < -0.4 is 18.9 Å². The van der Waals surface area contributed by atoms with Crippen molar-refractivity contribution in [2.45, 2.75) is 89.6 Å². The molecule has 2 saturated heterocycles. The van der Waals surface area contributed by atoms with E-state index in [1.54, 1.807) is 51.4 Å². The Bertz CT molecular complexity index is 344. The van der Waals surface area contributed by atoms with Crippen LogP contribution in [0.25, 0.3) is 0 Å². The predicted octanol–water partition coefficient (Wildman–Crippen LogP) is 2.67. The van der Waals surface area contributed by atoms with E-state index in [2.05, 4.69) is 20.8 Å². The molecule has 20 heavy (non-hydrogen) atoms. The van der Waals surface area contributed by atoms with Crippen LogP contribution in [-0.4, -0.2) is 6.71 Å². The number of fused-ring (bicyclic) bond motifs is 5. The molecule has 4 bridgehead atoms. The van der Waals surface area contributed by atoms with E-state index in [-0.39, 0.29) is 18.9 Å². The topological polar surface area (TPSA) is 0 Å². The average Bonchev–Trinajstić information content (AvgIpc) is 2.37. The largest absolute Gasteiger partial charge is 1.00 e. The SMILES string of the molecule is C[C@@H]1[C@@H]([B-]2C3CCCC2CCC3)C[C@@H]2C[C@H]1C2(C)C.[Li+]. The molecule has 2 aliphatic heterocycles. The molecule has 0 unspecified atom stereocenters. The normalized spacial score (nSPS) is 50.0. The van der Waals surface area contributed by atoms with Crippen LogP contribution in [0.3, 0.4) is 0 Å². The molecule has 1 radical (unpaired) electrons. The van der Waals surface area contributed by atoms with Crippen LogP contribution >= 0.6 is 0 Å². The number of rotatable bonds is 1. The fraction of sp³-hybridized carbons (Fsp3) is 1.00. The zero-order valence-corrected chi connectivity index (χ0v) is 14.2. The molecule has 2 heteroatoms. The summed E-state index contributed by atoms with van der Waals surface area (Å²) in [5.74, 6) is 6.50. The molecule has 0 amide bonds. The fourth-order valence-corrected chi connectivity index (χ4v) is 7.12. The van der Waals surface area contributed by atoms with E-state index >= 15 is 0 Å². The van der Waals surface area contributed by atoms with Gasteiger partial charge in [0.05, 0.1) is 0 Å². The Balaban J connectivity index is 0.00000121. The van der Waals surface area contributed by atoms with Crippen LogP contribution in [0, 0.1) is 23.2 Å². The molecule has 3 saturated carbocycles. The summed E-state index contributed by atoms with van der Waals surface area (Å²) in [7, 11) is 0. The molecule has 107 valence electrons. The molecule has 5 aliphatic rings. The molecule has 5 rings (SSSR count). The molecule has 2 heterocycles. The summed E-state index contributed by atoms with van der Waals surface area (Å²) in [4.78, 5) is 0. The van der Waals surface area contributed by atoms with Crippen molar-refractivity contribution in [1.82, 2.24) is 0 Å². The van der Waals surface area contributed by atoms with Gasteiger partial charge in [0.1, 0.15) is 0 Å². The van der Waals surface area contributed by atoms with Crippen LogP contribution in [0.15, 0.2) is 0 Å². The van der Waals surface area contributed by atoms with Crippen molar-refractivity contribution < 1.29 is 18.9 Å². The molecule has 0 N–H and O–H groups in total. The van der Waals surface area contributed by atoms with Crippen LogP contribution in [0.4, 0.5) is 0 Å². The van der Waals surface area contributed by atoms with Crippen molar-refractivity contribution in [1.29, 1.82) is 0 Å². The van der Waals surface area contributed by atoms with Gasteiger partial charge in [0.15, 0.2) is 0 Å². The molecule has 4 atom stereocenters. The maximum atomic E-state index is 2.62. The van der Waals surface area contributed by atoms with Crippen LogP contribution in [-0.2, 0) is 0 Å². The third-order valence-electron chi connectivity index (χ3n) is 8.30. The number of hydrogen-bond acceptors (Lipinski definition) is 0. The van der Waals surface area contributed by atoms with Crippen LogP contribution in [0.2, 0.25) is 17.5 Å². The minimum Gasteiger partial charge on any atom is -0.196 e. The summed E-state index contributed by atoms with van der Waals surface area (Å²) < 4.78 is 0. The van der Waals surface area contributed by atoms with Gasteiger partial charge in [-0.05, 0) is 23.7 Å². The molecule has 0 aromatic rings. The van der Waals surface area contributed by atoms with E-state index in [9.17, 15) is 0 Å². The Labute approximate surface area is 138 Å². The van der Waals surface area contributed by atoms with Crippen molar-refractivity contribution in [3.05, 3.63) is 0 Å². The van der Waals surface area contributed by atoms with Gasteiger partial charge < -0.3 is 0 Å². The molecule has 0 spiro atoms. The van der Waals surface area contributed by atoms with Crippen molar-refractivity contribution in [2.75, 3.05) is 0 Å². The Morgan fingerprint density at radius 2 is 1.45 bits per heavy atom. The molecule has 5 fully saturated rings. The zero-order chi connectivity index (χ0) is 13.2. The quantitative estimate of drug-likeness (QED) is 0.639. The Morgan fingerprint density at radius 1 is 0.900 bits per heavy atom. The molecular weight excluding hydrogens is 234 g/mol. The minimum absolute atomic E-state index is 0. The predicted molar refractivity (Wildman–Crippen MR) is 83.9 cm³/mol. The summed E-state index contributed by atoms with van der Waals surface area (Å²) in [6, 6.07) is 0. The summed E-state index contributed by atoms with van der Waals surface area (Å²) in [6.07, 6.45) is 12.5. The van der Waals surface area contributed by atoms with E-state index in [0.29, 0.717) is 5.41 Å². The van der Waals surface area contributed by atoms with Gasteiger partial charge in [-0.3, -0.25) is 0 Å². The van der Waals surface area contributed by atoms with Gasteiger partial charge >= 0.3 is 18.9 Å². The van der Waals surface area contributed by atoms with E-state index in [0.717, 1.165) is 41.9 Å². The van der Waals surface area contributed by atoms with Crippen LogP contribution in [0.5, 0.6) is 0 Å². The third-order valence-corrected chi connectivity index (χ3v) is 8.30. The molecule has 3 aliphatic carbocycles. The third kappa shape index (κ3) is 2.10. The van der Waals surface area contributed by atoms with Gasteiger partial charge in [-0.25, -0.2) is 0 Å². The van der Waals surface area contributed by atoms with Gasteiger partial charge in [0.2, 0.25) is 0 Å².